The van der Waals surface area contributed by atoms with Crippen LogP contribution in [0.15, 0.2) is 11.6 Å². The van der Waals surface area contributed by atoms with Gasteiger partial charge in [0, 0.05) is 32.1 Å². The van der Waals surface area contributed by atoms with Crippen LogP contribution in [0.25, 0.3) is 0 Å². The van der Waals surface area contributed by atoms with Gasteiger partial charge in [0.1, 0.15) is 0 Å². The number of allylic oxidation sites excluding steroid dienone is 1. The molecular formula is C16H26N2O. The number of hydrogen-bond acceptors (Lipinski definition) is 2. The first kappa shape index (κ1) is 13.2. The smallest absolute Gasteiger partial charge is 0.226 e. The van der Waals surface area contributed by atoms with E-state index in [1.807, 2.05) is 0 Å². The highest BCUT2D eigenvalue weighted by atomic mass is 16.2. The summed E-state index contributed by atoms with van der Waals surface area (Å²) in [6.07, 6.45) is 8.98. The Labute approximate surface area is 116 Å². The predicted molar refractivity (Wildman–Crippen MR) is 76.8 cm³/mol. The fraction of sp³-hybridized carbons (Fsp3) is 0.812. The Hall–Kier alpha value is -0.830. The molecule has 0 aromatic heterocycles. The first-order valence-corrected chi connectivity index (χ1v) is 7.97. The molecule has 3 atom stereocenters. The van der Waals surface area contributed by atoms with Gasteiger partial charge in [-0.3, -0.25) is 4.79 Å². The van der Waals surface area contributed by atoms with Crippen LogP contribution in [0.1, 0.15) is 45.4 Å². The van der Waals surface area contributed by atoms with Gasteiger partial charge in [0.15, 0.2) is 0 Å². The number of likely N-dealkylation sites (tertiary alicyclic amines) is 1. The molecule has 0 bridgehead atoms. The Kier molecular flexibility index (Phi) is 3.92. The maximum absolute atomic E-state index is 12.6. The molecular weight excluding hydrogens is 236 g/mol. The van der Waals surface area contributed by atoms with Crippen molar-refractivity contribution >= 4 is 5.91 Å². The standard InChI is InChI=1S/C16H26N2O/c1-2-15-14-10-17-9-13(14)11-18(15)16(19)8-12-6-4-3-5-7-12/h6,13-15,17H,2-5,7-11H2,1H3. The van der Waals surface area contributed by atoms with Crippen LogP contribution in [0.2, 0.25) is 0 Å². The number of nitrogens with one attached hydrogen (secondary N) is 1. The molecule has 2 heterocycles. The summed E-state index contributed by atoms with van der Waals surface area (Å²) in [6, 6.07) is 0.483. The minimum Gasteiger partial charge on any atom is -0.339 e. The lowest BCUT2D eigenvalue weighted by molar-refractivity contribution is -0.131. The molecule has 0 aromatic carbocycles. The molecule has 1 aliphatic carbocycles. The van der Waals surface area contributed by atoms with Crippen molar-refractivity contribution in [3.05, 3.63) is 11.6 Å². The van der Waals surface area contributed by atoms with E-state index in [1.165, 1.54) is 24.8 Å². The van der Waals surface area contributed by atoms with Gasteiger partial charge in [0.2, 0.25) is 5.91 Å². The van der Waals surface area contributed by atoms with E-state index in [4.69, 9.17) is 0 Å². The van der Waals surface area contributed by atoms with Crippen molar-refractivity contribution in [1.82, 2.24) is 10.2 Å². The molecule has 0 spiro atoms. The molecule has 1 N–H and O–H groups in total. The molecule has 1 amide bonds. The number of fused-ring (bicyclic) bond motifs is 1. The molecule has 0 saturated carbocycles. The summed E-state index contributed by atoms with van der Waals surface area (Å²) in [4.78, 5) is 14.8. The average Bonchev–Trinajstić information content (AvgIpc) is 2.99. The molecule has 3 aliphatic rings. The van der Waals surface area contributed by atoms with Crippen molar-refractivity contribution in [2.45, 2.75) is 51.5 Å². The quantitative estimate of drug-likeness (QED) is 0.792. The van der Waals surface area contributed by atoms with Gasteiger partial charge in [0.25, 0.3) is 0 Å². The number of carbonyl (C=O) groups excluding carboxylic acids is 1. The summed E-state index contributed by atoms with van der Waals surface area (Å²) >= 11 is 0. The normalized spacial score (nSPS) is 34.3. The zero-order chi connectivity index (χ0) is 13.2. The number of carbonyl (C=O) groups is 1. The predicted octanol–water partition coefficient (Wildman–Crippen LogP) is 2.33. The summed E-state index contributed by atoms with van der Waals surface area (Å²) in [7, 11) is 0. The summed E-state index contributed by atoms with van der Waals surface area (Å²) in [5.74, 6) is 1.79. The Bertz CT molecular complexity index is 377. The lowest BCUT2D eigenvalue weighted by Gasteiger charge is -2.27. The van der Waals surface area contributed by atoms with Crippen LogP contribution < -0.4 is 5.32 Å². The van der Waals surface area contributed by atoms with E-state index < -0.39 is 0 Å². The largest absolute Gasteiger partial charge is 0.339 e. The van der Waals surface area contributed by atoms with Crippen LogP contribution >= 0.6 is 0 Å². The number of hydrogen-bond donors (Lipinski definition) is 1. The Morgan fingerprint density at radius 3 is 3.05 bits per heavy atom. The van der Waals surface area contributed by atoms with E-state index in [-0.39, 0.29) is 0 Å². The SMILES string of the molecule is CCC1C2CNCC2CN1C(=O)CC1=CCCCC1. The van der Waals surface area contributed by atoms with Gasteiger partial charge in [0.05, 0.1) is 0 Å². The first-order valence-electron chi connectivity index (χ1n) is 7.97. The van der Waals surface area contributed by atoms with Gasteiger partial charge in [-0.2, -0.15) is 0 Å². The highest BCUT2D eigenvalue weighted by molar-refractivity contribution is 5.79. The second-order valence-electron chi connectivity index (χ2n) is 6.39. The molecule has 3 heteroatoms. The lowest BCUT2D eigenvalue weighted by Crippen LogP contribution is -2.39. The maximum Gasteiger partial charge on any atom is 0.226 e. The highest BCUT2D eigenvalue weighted by Crippen LogP contribution is 2.35. The summed E-state index contributed by atoms with van der Waals surface area (Å²) in [5, 5.41) is 3.48. The molecule has 3 rings (SSSR count). The molecule has 3 unspecified atom stereocenters. The van der Waals surface area contributed by atoms with Crippen LogP contribution in [0.3, 0.4) is 0 Å². The lowest BCUT2D eigenvalue weighted by atomic mass is 9.92. The van der Waals surface area contributed by atoms with Crippen molar-refractivity contribution in [2.75, 3.05) is 19.6 Å². The average molecular weight is 262 g/mol. The van der Waals surface area contributed by atoms with Gasteiger partial charge in [-0.25, -0.2) is 0 Å². The Balaban J connectivity index is 1.64. The van der Waals surface area contributed by atoms with E-state index in [1.54, 1.807) is 0 Å². The number of amides is 1. The molecule has 3 nitrogen and oxygen atoms in total. The third kappa shape index (κ3) is 2.58. The minimum absolute atomic E-state index is 0.384. The number of nitrogens with zero attached hydrogens (tertiary/aromatic N) is 1. The summed E-state index contributed by atoms with van der Waals surface area (Å²) in [5.41, 5.74) is 1.39. The van der Waals surface area contributed by atoms with Gasteiger partial charge < -0.3 is 10.2 Å². The van der Waals surface area contributed by atoms with Crippen LogP contribution in [0.4, 0.5) is 0 Å². The zero-order valence-electron chi connectivity index (χ0n) is 12.0. The molecule has 0 radical (unpaired) electrons. The zero-order valence-corrected chi connectivity index (χ0v) is 12.0. The van der Waals surface area contributed by atoms with E-state index in [0.29, 0.717) is 30.2 Å². The van der Waals surface area contributed by atoms with Crippen LogP contribution in [-0.4, -0.2) is 36.5 Å². The minimum atomic E-state index is 0.384. The van der Waals surface area contributed by atoms with Crippen LogP contribution in [0, 0.1) is 11.8 Å². The van der Waals surface area contributed by atoms with Crippen LogP contribution in [0.5, 0.6) is 0 Å². The number of rotatable bonds is 3. The van der Waals surface area contributed by atoms with Gasteiger partial charge in [-0.05, 0) is 43.9 Å². The topological polar surface area (TPSA) is 32.3 Å². The molecule has 2 saturated heterocycles. The van der Waals surface area contributed by atoms with Crippen molar-refractivity contribution in [3.63, 3.8) is 0 Å². The third-order valence-electron chi connectivity index (χ3n) is 5.22. The second kappa shape index (κ2) is 5.66. The van der Waals surface area contributed by atoms with E-state index >= 15 is 0 Å². The summed E-state index contributed by atoms with van der Waals surface area (Å²) in [6.45, 7) is 5.43. The van der Waals surface area contributed by atoms with Crippen molar-refractivity contribution in [2.24, 2.45) is 11.8 Å². The third-order valence-corrected chi connectivity index (χ3v) is 5.22. The molecule has 2 fully saturated rings. The monoisotopic (exact) mass is 262 g/mol. The van der Waals surface area contributed by atoms with Crippen molar-refractivity contribution < 1.29 is 4.79 Å². The maximum atomic E-state index is 12.6. The van der Waals surface area contributed by atoms with Crippen molar-refractivity contribution in [1.29, 1.82) is 0 Å². The second-order valence-corrected chi connectivity index (χ2v) is 6.39. The molecule has 106 valence electrons. The summed E-state index contributed by atoms with van der Waals surface area (Å²) < 4.78 is 0. The van der Waals surface area contributed by atoms with E-state index in [0.717, 1.165) is 32.5 Å². The van der Waals surface area contributed by atoms with E-state index in [2.05, 4.69) is 23.2 Å². The van der Waals surface area contributed by atoms with E-state index in [9.17, 15) is 4.79 Å². The first-order chi connectivity index (χ1) is 9.29. The molecule has 0 aromatic rings. The Morgan fingerprint density at radius 2 is 2.32 bits per heavy atom. The van der Waals surface area contributed by atoms with Crippen molar-refractivity contribution in [3.8, 4) is 0 Å². The fourth-order valence-electron chi connectivity index (χ4n) is 4.19. The molecule has 2 aliphatic heterocycles. The molecule has 19 heavy (non-hydrogen) atoms. The van der Waals surface area contributed by atoms with Crippen LogP contribution in [-0.2, 0) is 4.79 Å². The van der Waals surface area contributed by atoms with Gasteiger partial charge >= 0.3 is 0 Å². The van der Waals surface area contributed by atoms with Gasteiger partial charge in [-0.1, -0.05) is 18.6 Å². The fourth-order valence-corrected chi connectivity index (χ4v) is 4.19. The Morgan fingerprint density at radius 1 is 1.42 bits per heavy atom. The highest BCUT2D eigenvalue weighted by Gasteiger charge is 2.44. The van der Waals surface area contributed by atoms with Gasteiger partial charge in [-0.15, -0.1) is 0 Å².